The van der Waals surface area contributed by atoms with E-state index in [1.54, 1.807) is 6.20 Å². The van der Waals surface area contributed by atoms with Crippen LogP contribution in [0.25, 0.3) is 22.6 Å². The van der Waals surface area contributed by atoms with Crippen molar-refractivity contribution < 1.29 is 0 Å². The summed E-state index contributed by atoms with van der Waals surface area (Å²) in [5, 5.41) is 10.9. The van der Waals surface area contributed by atoms with Gasteiger partial charge in [-0.2, -0.15) is 5.10 Å². The Balaban J connectivity index is 1.47. The molecule has 0 aliphatic rings. The van der Waals surface area contributed by atoms with Crippen molar-refractivity contribution in [3.63, 3.8) is 0 Å². The maximum atomic E-state index is 5.92. The molecule has 0 amide bonds. The lowest BCUT2D eigenvalue weighted by Crippen LogP contribution is -2.02. The standard InChI is InChI=1S/C20H17ClN6/c1-13-6-18(7-19(27-13)16-11-25-26-12-16)22-8-14-9-23-20(24-10-14)15-2-4-17(21)5-3-15/h2-7,9-12H,8H2,1H3,(H,22,27)(H,25,26). The Morgan fingerprint density at radius 2 is 1.78 bits per heavy atom. The fraction of sp³-hybridized carbons (Fsp3) is 0.100. The number of hydrogen-bond donors (Lipinski definition) is 2. The van der Waals surface area contributed by atoms with Crippen LogP contribution in [0.15, 0.2) is 61.2 Å². The zero-order chi connectivity index (χ0) is 18.6. The zero-order valence-corrected chi connectivity index (χ0v) is 15.4. The summed E-state index contributed by atoms with van der Waals surface area (Å²) >= 11 is 5.92. The number of pyridine rings is 1. The molecule has 6 nitrogen and oxygen atoms in total. The van der Waals surface area contributed by atoms with Crippen LogP contribution in [0, 0.1) is 6.92 Å². The van der Waals surface area contributed by atoms with E-state index >= 15 is 0 Å². The van der Waals surface area contributed by atoms with Gasteiger partial charge in [-0.25, -0.2) is 9.97 Å². The predicted molar refractivity (Wildman–Crippen MR) is 106 cm³/mol. The molecule has 0 bridgehead atoms. The van der Waals surface area contributed by atoms with Gasteiger partial charge in [0, 0.05) is 58.2 Å². The molecular weight excluding hydrogens is 360 g/mol. The molecule has 0 aliphatic carbocycles. The van der Waals surface area contributed by atoms with Crippen molar-refractivity contribution >= 4 is 17.3 Å². The second-order valence-electron chi connectivity index (χ2n) is 6.14. The SMILES string of the molecule is Cc1cc(NCc2cnc(-c3ccc(Cl)cc3)nc2)cc(-c2cn[nH]c2)n1. The highest BCUT2D eigenvalue weighted by molar-refractivity contribution is 6.30. The van der Waals surface area contributed by atoms with Gasteiger partial charge in [0.1, 0.15) is 0 Å². The Morgan fingerprint density at radius 3 is 2.48 bits per heavy atom. The monoisotopic (exact) mass is 376 g/mol. The van der Waals surface area contributed by atoms with E-state index < -0.39 is 0 Å². The van der Waals surface area contributed by atoms with Crippen LogP contribution in [0.3, 0.4) is 0 Å². The van der Waals surface area contributed by atoms with Crippen LogP contribution in [-0.2, 0) is 6.54 Å². The van der Waals surface area contributed by atoms with Crippen molar-refractivity contribution in [3.8, 4) is 22.6 Å². The first kappa shape index (κ1) is 17.2. The van der Waals surface area contributed by atoms with Crippen LogP contribution in [0.4, 0.5) is 5.69 Å². The molecule has 0 unspecified atom stereocenters. The summed E-state index contributed by atoms with van der Waals surface area (Å²) in [5.41, 5.74) is 5.68. The molecule has 4 rings (SSSR count). The number of halogens is 1. The minimum atomic E-state index is 0.620. The van der Waals surface area contributed by atoms with E-state index in [4.69, 9.17) is 11.6 Å². The summed E-state index contributed by atoms with van der Waals surface area (Å²) < 4.78 is 0. The second-order valence-corrected chi connectivity index (χ2v) is 6.58. The van der Waals surface area contributed by atoms with E-state index in [1.807, 2.05) is 61.9 Å². The van der Waals surface area contributed by atoms with Crippen molar-refractivity contribution in [1.82, 2.24) is 25.1 Å². The van der Waals surface area contributed by atoms with E-state index in [2.05, 4.69) is 30.5 Å². The number of nitrogens with zero attached hydrogens (tertiary/aromatic N) is 4. The average molecular weight is 377 g/mol. The number of nitrogens with one attached hydrogen (secondary N) is 2. The third-order valence-corrected chi connectivity index (χ3v) is 4.30. The zero-order valence-electron chi connectivity index (χ0n) is 14.6. The van der Waals surface area contributed by atoms with Crippen molar-refractivity contribution in [2.45, 2.75) is 13.5 Å². The normalized spacial score (nSPS) is 10.7. The lowest BCUT2D eigenvalue weighted by molar-refractivity contribution is 1.05. The maximum absolute atomic E-state index is 5.92. The molecule has 0 radical (unpaired) electrons. The first-order chi connectivity index (χ1) is 13.2. The van der Waals surface area contributed by atoms with E-state index in [9.17, 15) is 0 Å². The van der Waals surface area contributed by atoms with Crippen molar-refractivity contribution in [3.05, 3.63) is 77.5 Å². The van der Waals surface area contributed by atoms with E-state index in [1.165, 1.54) is 0 Å². The predicted octanol–water partition coefficient (Wildman–Crippen LogP) is 4.50. The van der Waals surface area contributed by atoms with Crippen LogP contribution >= 0.6 is 11.6 Å². The second kappa shape index (κ2) is 7.55. The molecule has 4 aromatic rings. The third-order valence-electron chi connectivity index (χ3n) is 4.05. The number of hydrogen-bond acceptors (Lipinski definition) is 5. The molecule has 134 valence electrons. The minimum absolute atomic E-state index is 0.620. The van der Waals surface area contributed by atoms with Crippen LogP contribution < -0.4 is 5.32 Å². The average Bonchev–Trinajstić information content (AvgIpc) is 3.22. The maximum Gasteiger partial charge on any atom is 0.159 e. The van der Waals surface area contributed by atoms with Crippen molar-refractivity contribution in [2.24, 2.45) is 0 Å². The van der Waals surface area contributed by atoms with Gasteiger partial charge in [-0.05, 0) is 43.3 Å². The number of benzene rings is 1. The summed E-state index contributed by atoms with van der Waals surface area (Å²) in [6, 6.07) is 11.5. The van der Waals surface area contributed by atoms with Gasteiger partial charge < -0.3 is 5.32 Å². The number of rotatable bonds is 5. The summed E-state index contributed by atoms with van der Waals surface area (Å²) in [7, 11) is 0. The Labute approximate surface area is 161 Å². The van der Waals surface area contributed by atoms with Gasteiger partial charge in [-0.3, -0.25) is 10.1 Å². The molecule has 0 atom stereocenters. The first-order valence-electron chi connectivity index (χ1n) is 8.46. The molecule has 3 aromatic heterocycles. The van der Waals surface area contributed by atoms with Crippen LogP contribution in [0.1, 0.15) is 11.3 Å². The minimum Gasteiger partial charge on any atom is -0.381 e. The molecule has 0 spiro atoms. The Kier molecular flexibility index (Phi) is 4.80. The number of aryl methyl sites for hydroxylation is 1. The molecule has 0 saturated carbocycles. The van der Waals surface area contributed by atoms with Crippen LogP contribution in [0.5, 0.6) is 0 Å². The van der Waals surface area contributed by atoms with Gasteiger partial charge in [-0.15, -0.1) is 0 Å². The van der Waals surface area contributed by atoms with Crippen molar-refractivity contribution in [2.75, 3.05) is 5.32 Å². The Hall–Kier alpha value is -3.25. The fourth-order valence-corrected chi connectivity index (χ4v) is 2.83. The van der Waals surface area contributed by atoms with Gasteiger partial charge in [-0.1, -0.05) is 11.6 Å². The summed E-state index contributed by atoms with van der Waals surface area (Å²) in [5.74, 6) is 0.678. The molecule has 3 heterocycles. The smallest absolute Gasteiger partial charge is 0.159 e. The molecule has 27 heavy (non-hydrogen) atoms. The lowest BCUT2D eigenvalue weighted by Gasteiger charge is -2.09. The van der Waals surface area contributed by atoms with Gasteiger partial charge in [0.05, 0.1) is 11.9 Å². The topological polar surface area (TPSA) is 79.4 Å². The molecule has 7 heteroatoms. The number of aromatic nitrogens is 5. The van der Waals surface area contributed by atoms with Gasteiger partial charge >= 0.3 is 0 Å². The van der Waals surface area contributed by atoms with E-state index in [-0.39, 0.29) is 0 Å². The fourth-order valence-electron chi connectivity index (χ4n) is 2.71. The Morgan fingerprint density at radius 1 is 1.00 bits per heavy atom. The first-order valence-corrected chi connectivity index (χ1v) is 8.84. The highest BCUT2D eigenvalue weighted by Gasteiger charge is 2.05. The molecular formula is C20H17ClN6. The molecule has 2 N–H and O–H groups in total. The highest BCUT2D eigenvalue weighted by Crippen LogP contribution is 2.21. The third kappa shape index (κ3) is 4.12. The largest absolute Gasteiger partial charge is 0.381 e. The number of aromatic amines is 1. The Bertz CT molecular complexity index is 1030. The molecule has 0 saturated heterocycles. The lowest BCUT2D eigenvalue weighted by atomic mass is 10.2. The number of H-pyrrole nitrogens is 1. The van der Waals surface area contributed by atoms with E-state index in [0.717, 1.165) is 33.8 Å². The summed E-state index contributed by atoms with van der Waals surface area (Å²) in [4.78, 5) is 13.4. The summed E-state index contributed by atoms with van der Waals surface area (Å²) in [6.07, 6.45) is 7.24. The molecule has 1 aromatic carbocycles. The summed E-state index contributed by atoms with van der Waals surface area (Å²) in [6.45, 7) is 2.59. The van der Waals surface area contributed by atoms with Gasteiger partial charge in [0.15, 0.2) is 5.82 Å². The van der Waals surface area contributed by atoms with Gasteiger partial charge in [0.25, 0.3) is 0 Å². The quantitative estimate of drug-likeness (QED) is 0.536. The van der Waals surface area contributed by atoms with Crippen LogP contribution in [0.2, 0.25) is 5.02 Å². The van der Waals surface area contributed by atoms with Crippen LogP contribution in [-0.4, -0.2) is 25.1 Å². The van der Waals surface area contributed by atoms with Crippen molar-refractivity contribution in [1.29, 1.82) is 0 Å². The highest BCUT2D eigenvalue weighted by atomic mass is 35.5. The number of anilines is 1. The molecule has 0 fully saturated rings. The van der Waals surface area contributed by atoms with Gasteiger partial charge in [0.2, 0.25) is 0 Å². The van der Waals surface area contributed by atoms with E-state index in [0.29, 0.717) is 17.4 Å². The molecule has 0 aliphatic heterocycles.